The van der Waals surface area contributed by atoms with Crippen LogP contribution in [-0.4, -0.2) is 53.4 Å². The van der Waals surface area contributed by atoms with Crippen molar-refractivity contribution in [3.8, 4) is 0 Å². The van der Waals surface area contributed by atoms with Gasteiger partial charge in [0.25, 0.3) is 11.1 Å². The Labute approximate surface area is 196 Å². The number of benzene rings is 2. The summed E-state index contributed by atoms with van der Waals surface area (Å²) in [5.74, 6) is 1.63. The highest BCUT2D eigenvalue weighted by Crippen LogP contribution is 2.27. The number of carbonyl (C=O) groups excluding carboxylic acids is 1. The van der Waals surface area contributed by atoms with Crippen molar-refractivity contribution in [3.63, 3.8) is 0 Å². The van der Waals surface area contributed by atoms with Crippen molar-refractivity contribution in [1.29, 1.82) is 0 Å². The predicted octanol–water partition coefficient (Wildman–Crippen LogP) is 5.18. The summed E-state index contributed by atoms with van der Waals surface area (Å²) in [7, 11) is 0. The first-order valence-corrected chi connectivity index (χ1v) is 12.0. The third-order valence-corrected chi connectivity index (χ3v) is 6.47. The van der Waals surface area contributed by atoms with E-state index in [0.717, 1.165) is 36.5 Å². The van der Waals surface area contributed by atoms with Crippen LogP contribution in [0.1, 0.15) is 21.9 Å². The first kappa shape index (κ1) is 21.6. The van der Waals surface area contributed by atoms with Crippen LogP contribution in [0.4, 0.5) is 0 Å². The molecule has 0 unspecified atom stereocenters. The molecule has 0 spiro atoms. The standard InChI is InChI=1S/C26H25N3O3S/c30-25(29-17-15-28(16-18-29)14-6-9-20-7-2-1-3-8-20)24-13-12-21(31-24)19-33-26-27-22-10-4-5-11-23(22)32-26/h1-13H,14-19H2. The molecular formula is C26H25N3O3S. The lowest BCUT2D eigenvalue weighted by Gasteiger charge is -2.33. The molecule has 2 aromatic heterocycles. The molecule has 1 aliphatic heterocycles. The summed E-state index contributed by atoms with van der Waals surface area (Å²) >= 11 is 1.46. The first-order valence-electron chi connectivity index (χ1n) is 11.0. The largest absolute Gasteiger partial charge is 0.455 e. The molecule has 3 heterocycles. The van der Waals surface area contributed by atoms with Crippen LogP contribution >= 0.6 is 11.8 Å². The van der Waals surface area contributed by atoms with Gasteiger partial charge >= 0.3 is 0 Å². The molecule has 7 heteroatoms. The Morgan fingerprint density at radius 2 is 1.73 bits per heavy atom. The third kappa shape index (κ3) is 5.38. The van der Waals surface area contributed by atoms with Crippen LogP contribution in [0.3, 0.4) is 0 Å². The highest BCUT2D eigenvalue weighted by atomic mass is 32.2. The number of thioether (sulfide) groups is 1. The van der Waals surface area contributed by atoms with Crippen molar-refractivity contribution in [1.82, 2.24) is 14.8 Å². The number of piperazine rings is 1. The van der Waals surface area contributed by atoms with E-state index in [2.05, 4.69) is 34.2 Å². The molecule has 0 N–H and O–H groups in total. The zero-order valence-electron chi connectivity index (χ0n) is 18.2. The van der Waals surface area contributed by atoms with Crippen LogP contribution in [0.2, 0.25) is 0 Å². The summed E-state index contributed by atoms with van der Waals surface area (Å²) in [5.41, 5.74) is 2.81. The molecule has 2 aromatic carbocycles. The average Bonchev–Trinajstić information content (AvgIpc) is 3.50. The van der Waals surface area contributed by atoms with Crippen molar-refractivity contribution >= 4 is 34.8 Å². The molecule has 33 heavy (non-hydrogen) atoms. The summed E-state index contributed by atoms with van der Waals surface area (Å²) in [5, 5.41) is 0.595. The van der Waals surface area contributed by atoms with Gasteiger partial charge in [-0.25, -0.2) is 4.98 Å². The zero-order valence-corrected chi connectivity index (χ0v) is 19.0. The van der Waals surface area contributed by atoms with Crippen LogP contribution < -0.4 is 0 Å². The number of para-hydroxylation sites is 2. The number of amides is 1. The number of rotatable bonds is 7. The van der Waals surface area contributed by atoms with Crippen LogP contribution in [0, 0.1) is 0 Å². The molecule has 0 radical (unpaired) electrons. The molecule has 5 rings (SSSR count). The molecule has 1 amide bonds. The number of hydrogen-bond donors (Lipinski definition) is 0. The molecule has 1 saturated heterocycles. The van der Waals surface area contributed by atoms with Crippen LogP contribution in [0.15, 0.2) is 86.9 Å². The van der Waals surface area contributed by atoms with E-state index >= 15 is 0 Å². The first-order chi connectivity index (χ1) is 16.2. The van der Waals surface area contributed by atoms with Gasteiger partial charge in [0.1, 0.15) is 11.3 Å². The minimum atomic E-state index is -0.0485. The number of oxazole rings is 1. The molecule has 0 aliphatic carbocycles. The Kier molecular flexibility index (Phi) is 6.60. The van der Waals surface area contributed by atoms with Crippen molar-refractivity contribution in [2.24, 2.45) is 0 Å². The lowest BCUT2D eigenvalue weighted by atomic mass is 10.2. The second kappa shape index (κ2) is 10.1. The predicted molar refractivity (Wildman–Crippen MR) is 130 cm³/mol. The molecule has 6 nitrogen and oxygen atoms in total. The van der Waals surface area contributed by atoms with E-state index in [4.69, 9.17) is 8.83 Å². The smallest absolute Gasteiger partial charge is 0.289 e. The quantitative estimate of drug-likeness (QED) is 0.355. The Morgan fingerprint density at radius 3 is 2.55 bits per heavy atom. The highest BCUT2D eigenvalue weighted by Gasteiger charge is 2.24. The van der Waals surface area contributed by atoms with Gasteiger partial charge < -0.3 is 13.7 Å². The SMILES string of the molecule is O=C(c1ccc(CSc2nc3ccccc3o2)o1)N1CCN(CC=Cc2ccccc2)CC1. The fourth-order valence-electron chi connectivity index (χ4n) is 3.81. The Morgan fingerprint density at radius 1 is 0.939 bits per heavy atom. The highest BCUT2D eigenvalue weighted by molar-refractivity contribution is 7.98. The van der Waals surface area contributed by atoms with Gasteiger partial charge in [-0.15, -0.1) is 0 Å². The van der Waals surface area contributed by atoms with Gasteiger partial charge in [0.15, 0.2) is 11.3 Å². The molecule has 0 saturated carbocycles. The van der Waals surface area contributed by atoms with E-state index in [9.17, 15) is 4.79 Å². The van der Waals surface area contributed by atoms with Gasteiger partial charge in [0.05, 0.1) is 5.75 Å². The summed E-state index contributed by atoms with van der Waals surface area (Å²) in [6.45, 7) is 3.99. The molecule has 4 aromatic rings. The van der Waals surface area contributed by atoms with Gasteiger partial charge in [-0.1, -0.05) is 66.4 Å². The minimum absolute atomic E-state index is 0.0485. The van der Waals surface area contributed by atoms with Crippen molar-refractivity contribution in [3.05, 3.63) is 89.9 Å². The molecular weight excluding hydrogens is 434 g/mol. The second-order valence-electron chi connectivity index (χ2n) is 7.91. The third-order valence-electron chi connectivity index (χ3n) is 5.62. The molecule has 1 fully saturated rings. The van der Waals surface area contributed by atoms with E-state index in [1.54, 1.807) is 6.07 Å². The van der Waals surface area contributed by atoms with Gasteiger partial charge in [0, 0.05) is 32.7 Å². The molecule has 0 atom stereocenters. The van der Waals surface area contributed by atoms with Crippen molar-refractivity contribution < 1.29 is 13.6 Å². The maximum Gasteiger partial charge on any atom is 0.289 e. The topological polar surface area (TPSA) is 62.7 Å². The van der Waals surface area contributed by atoms with E-state index in [-0.39, 0.29) is 5.91 Å². The van der Waals surface area contributed by atoms with Gasteiger partial charge in [0.2, 0.25) is 0 Å². The number of aromatic nitrogens is 1. The van der Waals surface area contributed by atoms with Crippen molar-refractivity contribution in [2.45, 2.75) is 11.0 Å². The number of nitrogens with zero attached hydrogens (tertiary/aromatic N) is 3. The fraction of sp³-hybridized carbons (Fsp3) is 0.231. The summed E-state index contributed by atoms with van der Waals surface area (Å²) in [6, 6.07) is 21.6. The Bertz CT molecular complexity index is 1210. The van der Waals surface area contributed by atoms with Crippen molar-refractivity contribution in [2.75, 3.05) is 32.7 Å². The summed E-state index contributed by atoms with van der Waals surface area (Å²) in [4.78, 5) is 21.6. The van der Waals surface area contributed by atoms with Gasteiger partial charge in [-0.2, -0.15) is 0 Å². The molecule has 0 bridgehead atoms. The van der Waals surface area contributed by atoms with Crippen LogP contribution in [-0.2, 0) is 5.75 Å². The molecule has 168 valence electrons. The number of furan rings is 1. The number of carbonyl (C=O) groups is 1. The van der Waals surface area contributed by atoms with Crippen LogP contribution in [0.5, 0.6) is 0 Å². The monoisotopic (exact) mass is 459 g/mol. The van der Waals surface area contributed by atoms with E-state index < -0.39 is 0 Å². The Hall–Kier alpha value is -3.29. The van der Waals surface area contributed by atoms with E-state index in [1.165, 1.54) is 17.3 Å². The second-order valence-corrected chi connectivity index (χ2v) is 8.83. The normalized spacial score (nSPS) is 15.0. The summed E-state index contributed by atoms with van der Waals surface area (Å²) in [6.07, 6.45) is 4.32. The zero-order chi connectivity index (χ0) is 22.5. The lowest BCUT2D eigenvalue weighted by Crippen LogP contribution is -2.48. The maximum absolute atomic E-state index is 12.9. The number of fused-ring (bicyclic) bond motifs is 1. The summed E-state index contributed by atoms with van der Waals surface area (Å²) < 4.78 is 11.6. The fourth-order valence-corrected chi connectivity index (χ4v) is 4.54. The minimum Gasteiger partial charge on any atom is -0.455 e. The van der Waals surface area contributed by atoms with Gasteiger partial charge in [-0.05, 0) is 29.8 Å². The lowest BCUT2D eigenvalue weighted by molar-refractivity contribution is 0.0617. The van der Waals surface area contributed by atoms with E-state index in [0.29, 0.717) is 29.8 Å². The molecule has 1 aliphatic rings. The van der Waals surface area contributed by atoms with E-state index in [1.807, 2.05) is 53.4 Å². The Balaban J connectivity index is 1.10. The van der Waals surface area contributed by atoms with Crippen LogP contribution in [0.25, 0.3) is 17.2 Å². The maximum atomic E-state index is 12.9. The van der Waals surface area contributed by atoms with Gasteiger partial charge in [-0.3, -0.25) is 9.69 Å². The number of hydrogen-bond acceptors (Lipinski definition) is 6. The average molecular weight is 460 g/mol.